The van der Waals surface area contributed by atoms with Gasteiger partial charge in [0.2, 0.25) is 0 Å². The minimum atomic E-state index is -0.945. The smallest absolute Gasteiger partial charge is 0.331 e. The van der Waals surface area contributed by atoms with Gasteiger partial charge in [-0.25, -0.2) is 4.79 Å². The second-order valence-corrected chi connectivity index (χ2v) is 6.91. The summed E-state index contributed by atoms with van der Waals surface area (Å²) in [5.41, 5.74) is 2.45. The molecule has 0 heterocycles. The number of carbonyl (C=O) groups is 2. The number of carbonyl (C=O) groups excluding carboxylic acids is 2. The van der Waals surface area contributed by atoms with Gasteiger partial charge in [-0.1, -0.05) is 32.0 Å². The lowest BCUT2D eigenvalue weighted by Gasteiger charge is -2.17. The Hall–Kier alpha value is -3.28. The fraction of sp³-hybridized carbons (Fsp3) is 0.333. The highest BCUT2D eigenvalue weighted by molar-refractivity contribution is 5.97. The summed E-state index contributed by atoms with van der Waals surface area (Å²) in [4.78, 5) is 24.7. The molecule has 2 atom stereocenters. The first-order valence-electron chi connectivity index (χ1n) is 9.90. The number of amides is 1. The zero-order valence-corrected chi connectivity index (χ0v) is 18.1. The number of rotatable bonds is 9. The van der Waals surface area contributed by atoms with Crippen LogP contribution in [-0.4, -0.2) is 32.2 Å². The minimum absolute atomic E-state index is 0.306. The predicted molar refractivity (Wildman–Crippen MR) is 118 cm³/mol. The van der Waals surface area contributed by atoms with Crippen molar-refractivity contribution in [3.05, 3.63) is 59.7 Å². The van der Waals surface area contributed by atoms with Crippen LogP contribution in [0.5, 0.6) is 11.5 Å². The third-order valence-corrected chi connectivity index (χ3v) is 4.86. The molecule has 0 unspecified atom stereocenters. The summed E-state index contributed by atoms with van der Waals surface area (Å²) in [6.45, 7) is 5.74. The van der Waals surface area contributed by atoms with Crippen LogP contribution in [0.1, 0.15) is 44.2 Å². The van der Waals surface area contributed by atoms with Crippen LogP contribution < -0.4 is 14.8 Å². The number of para-hydroxylation sites is 1. The Morgan fingerprint density at radius 3 is 2.47 bits per heavy atom. The molecule has 0 aromatic heterocycles. The molecule has 6 nitrogen and oxygen atoms in total. The van der Waals surface area contributed by atoms with Gasteiger partial charge in [-0.05, 0) is 55.2 Å². The van der Waals surface area contributed by atoms with Gasteiger partial charge in [-0.2, -0.15) is 0 Å². The van der Waals surface area contributed by atoms with E-state index in [4.69, 9.17) is 14.2 Å². The third-order valence-electron chi connectivity index (χ3n) is 4.86. The van der Waals surface area contributed by atoms with Crippen molar-refractivity contribution < 1.29 is 23.8 Å². The molecule has 0 saturated carbocycles. The molecule has 0 aliphatic rings. The quantitative estimate of drug-likeness (QED) is 0.474. The number of hydrogen-bond donors (Lipinski definition) is 1. The molecule has 0 bridgehead atoms. The van der Waals surface area contributed by atoms with Crippen LogP contribution in [0.3, 0.4) is 0 Å². The molecule has 1 amide bonds. The van der Waals surface area contributed by atoms with E-state index in [1.807, 2.05) is 24.3 Å². The normalized spacial score (nSPS) is 12.8. The van der Waals surface area contributed by atoms with Crippen LogP contribution >= 0.6 is 0 Å². The number of nitrogens with one attached hydrogen (secondary N) is 1. The van der Waals surface area contributed by atoms with Gasteiger partial charge in [0.25, 0.3) is 5.91 Å². The van der Waals surface area contributed by atoms with E-state index in [-0.39, 0.29) is 5.91 Å². The molecule has 2 aromatic rings. The lowest BCUT2D eigenvalue weighted by atomic mass is 9.97. The fourth-order valence-electron chi connectivity index (χ4n) is 2.89. The number of esters is 1. The third kappa shape index (κ3) is 6.11. The molecule has 0 fully saturated rings. The van der Waals surface area contributed by atoms with Crippen LogP contribution in [0.15, 0.2) is 48.5 Å². The first kappa shape index (κ1) is 23.0. The highest BCUT2D eigenvalue weighted by atomic mass is 16.5. The number of ether oxygens (including phenoxy) is 3. The first-order valence-corrected chi connectivity index (χ1v) is 9.90. The van der Waals surface area contributed by atoms with Crippen LogP contribution in [0.2, 0.25) is 0 Å². The van der Waals surface area contributed by atoms with Crippen molar-refractivity contribution in [2.24, 2.45) is 0 Å². The van der Waals surface area contributed by atoms with E-state index in [0.717, 1.165) is 17.7 Å². The van der Waals surface area contributed by atoms with Gasteiger partial charge in [0.05, 0.1) is 14.2 Å². The van der Waals surface area contributed by atoms with Gasteiger partial charge in [0.1, 0.15) is 11.5 Å². The number of methoxy groups -OCH3 is 2. The van der Waals surface area contributed by atoms with Gasteiger partial charge >= 0.3 is 5.97 Å². The fourth-order valence-corrected chi connectivity index (χ4v) is 2.89. The highest BCUT2D eigenvalue weighted by Gasteiger charge is 2.19. The zero-order chi connectivity index (χ0) is 22.1. The molecule has 30 heavy (non-hydrogen) atoms. The molecule has 160 valence electrons. The molecule has 0 radical (unpaired) electrons. The molecule has 6 heteroatoms. The Labute approximate surface area is 177 Å². The summed E-state index contributed by atoms with van der Waals surface area (Å²) in [5.74, 6) is 0.521. The second-order valence-electron chi connectivity index (χ2n) is 6.91. The van der Waals surface area contributed by atoms with Crippen LogP contribution in [-0.2, 0) is 14.3 Å². The molecule has 0 saturated heterocycles. The van der Waals surface area contributed by atoms with Crippen LogP contribution in [0, 0.1) is 0 Å². The lowest BCUT2D eigenvalue weighted by molar-refractivity contribution is -0.148. The molecule has 1 N–H and O–H groups in total. The SMILES string of the molecule is CC[C@@H](C)c1ccccc1NC(=O)[C@H](C)OC(=O)/C=C/c1cc(OC)ccc1OC. The predicted octanol–water partition coefficient (Wildman–Crippen LogP) is 4.80. The van der Waals surface area contributed by atoms with Crippen molar-refractivity contribution in [2.45, 2.75) is 39.2 Å². The van der Waals surface area contributed by atoms with Gasteiger partial charge < -0.3 is 19.5 Å². The maximum absolute atomic E-state index is 12.5. The van der Waals surface area contributed by atoms with Gasteiger partial charge in [0, 0.05) is 17.3 Å². The number of hydrogen-bond acceptors (Lipinski definition) is 5. The van der Waals surface area contributed by atoms with Gasteiger partial charge in [0.15, 0.2) is 6.10 Å². The standard InChI is InChI=1S/C24H29NO5/c1-6-16(2)20-9-7-8-10-21(20)25-24(27)17(3)30-23(26)14-11-18-15-19(28-4)12-13-22(18)29-5/h7-17H,6H2,1-5H3,(H,25,27)/b14-11+/t16-,17+/m1/s1. The van der Waals surface area contributed by atoms with E-state index in [0.29, 0.717) is 23.0 Å². The Morgan fingerprint density at radius 1 is 1.07 bits per heavy atom. The molecule has 0 aliphatic heterocycles. The van der Waals surface area contributed by atoms with Crippen molar-refractivity contribution in [1.29, 1.82) is 0 Å². The van der Waals surface area contributed by atoms with E-state index in [9.17, 15) is 9.59 Å². The van der Waals surface area contributed by atoms with Crippen molar-refractivity contribution in [3.8, 4) is 11.5 Å². The Balaban J connectivity index is 2.03. The summed E-state index contributed by atoms with van der Waals surface area (Å²) in [6.07, 6.45) is 2.83. The van der Waals surface area contributed by atoms with Crippen molar-refractivity contribution in [1.82, 2.24) is 0 Å². The van der Waals surface area contributed by atoms with Crippen molar-refractivity contribution >= 4 is 23.6 Å². The van der Waals surface area contributed by atoms with E-state index in [1.54, 1.807) is 45.4 Å². The molecule has 0 spiro atoms. The summed E-state index contributed by atoms with van der Waals surface area (Å²) in [5, 5.41) is 2.86. The number of benzene rings is 2. The average Bonchev–Trinajstić information content (AvgIpc) is 2.77. The number of anilines is 1. The summed E-state index contributed by atoms with van der Waals surface area (Å²) >= 11 is 0. The highest BCUT2D eigenvalue weighted by Crippen LogP contribution is 2.27. The average molecular weight is 411 g/mol. The maximum atomic E-state index is 12.5. The molecular weight excluding hydrogens is 382 g/mol. The summed E-state index contributed by atoms with van der Waals surface area (Å²) in [6, 6.07) is 12.9. The zero-order valence-electron chi connectivity index (χ0n) is 18.1. The Kier molecular flexibility index (Phi) is 8.47. The molecule has 0 aliphatic carbocycles. The summed E-state index contributed by atoms with van der Waals surface area (Å²) < 4.78 is 15.7. The second kappa shape index (κ2) is 11.0. The topological polar surface area (TPSA) is 73.9 Å². The van der Waals surface area contributed by atoms with Gasteiger partial charge in [-0.3, -0.25) is 4.79 Å². The Bertz CT molecular complexity index is 906. The maximum Gasteiger partial charge on any atom is 0.331 e. The molecule has 2 aromatic carbocycles. The van der Waals surface area contributed by atoms with E-state index < -0.39 is 12.1 Å². The van der Waals surface area contributed by atoms with Crippen LogP contribution in [0.4, 0.5) is 5.69 Å². The first-order chi connectivity index (χ1) is 14.4. The van der Waals surface area contributed by atoms with Crippen molar-refractivity contribution in [2.75, 3.05) is 19.5 Å². The molecular formula is C24H29NO5. The van der Waals surface area contributed by atoms with Crippen molar-refractivity contribution in [3.63, 3.8) is 0 Å². The monoisotopic (exact) mass is 411 g/mol. The Morgan fingerprint density at radius 2 is 1.80 bits per heavy atom. The lowest BCUT2D eigenvalue weighted by Crippen LogP contribution is -2.29. The van der Waals surface area contributed by atoms with E-state index in [2.05, 4.69) is 19.2 Å². The van der Waals surface area contributed by atoms with E-state index >= 15 is 0 Å². The minimum Gasteiger partial charge on any atom is -0.497 e. The summed E-state index contributed by atoms with van der Waals surface area (Å²) in [7, 11) is 3.10. The molecule has 2 rings (SSSR count). The van der Waals surface area contributed by atoms with Crippen LogP contribution in [0.25, 0.3) is 6.08 Å². The van der Waals surface area contributed by atoms with Gasteiger partial charge in [-0.15, -0.1) is 0 Å². The largest absolute Gasteiger partial charge is 0.497 e. The van der Waals surface area contributed by atoms with E-state index in [1.165, 1.54) is 6.08 Å².